The zero-order valence-corrected chi connectivity index (χ0v) is 16.6. The maximum absolute atomic E-state index is 12.8. The van der Waals surface area contributed by atoms with Gasteiger partial charge in [-0.3, -0.25) is 4.79 Å². The lowest BCUT2D eigenvalue weighted by Gasteiger charge is -2.20. The van der Waals surface area contributed by atoms with Crippen molar-refractivity contribution in [3.05, 3.63) is 60.2 Å². The molecule has 1 heterocycles. The molecule has 6 nitrogen and oxygen atoms in total. The molecule has 0 N–H and O–H groups in total. The molecule has 0 aliphatic heterocycles. The van der Waals surface area contributed by atoms with Crippen LogP contribution < -0.4 is 4.74 Å². The Morgan fingerprint density at radius 2 is 1.74 bits per heavy atom. The Morgan fingerprint density at radius 3 is 2.41 bits per heavy atom. The fourth-order valence-corrected chi connectivity index (χ4v) is 3.86. The first-order valence-electron chi connectivity index (χ1n) is 8.48. The molecule has 1 aromatic heterocycles. The molecule has 140 valence electrons. The number of rotatable bonds is 6. The number of para-hydroxylation sites is 1. The average Bonchev–Trinajstić information content (AvgIpc) is 3.06. The number of methoxy groups -OCH3 is 1. The van der Waals surface area contributed by atoms with E-state index in [1.807, 2.05) is 66.2 Å². The highest BCUT2D eigenvalue weighted by Gasteiger charge is 2.26. The van der Waals surface area contributed by atoms with Crippen LogP contribution in [0.4, 0.5) is 0 Å². The molecule has 0 radical (unpaired) electrons. The third-order valence-corrected chi connectivity index (χ3v) is 5.45. The third-order valence-electron chi connectivity index (χ3n) is 4.17. The normalized spacial score (nSPS) is 11.9. The summed E-state index contributed by atoms with van der Waals surface area (Å²) in [5.41, 5.74) is 1.79. The molecule has 0 aliphatic carbocycles. The Kier molecular flexibility index (Phi) is 5.81. The number of ether oxygens (including phenoxy) is 1. The van der Waals surface area contributed by atoms with Gasteiger partial charge in [0.15, 0.2) is 11.0 Å². The summed E-state index contributed by atoms with van der Waals surface area (Å²) in [6, 6.07) is 17.4. The molecular weight excluding hydrogens is 360 g/mol. The van der Waals surface area contributed by atoms with Crippen molar-refractivity contribution in [2.45, 2.75) is 10.4 Å². The zero-order chi connectivity index (χ0) is 19.4. The molecule has 0 spiro atoms. The van der Waals surface area contributed by atoms with Crippen molar-refractivity contribution < 1.29 is 9.53 Å². The predicted molar refractivity (Wildman–Crippen MR) is 107 cm³/mol. The van der Waals surface area contributed by atoms with Gasteiger partial charge in [0.2, 0.25) is 5.91 Å². The lowest BCUT2D eigenvalue weighted by atomic mass is 10.1. The van der Waals surface area contributed by atoms with Crippen molar-refractivity contribution in [3.8, 4) is 17.1 Å². The van der Waals surface area contributed by atoms with Crippen LogP contribution in [0.15, 0.2) is 59.8 Å². The number of carbonyl (C=O) groups excluding carboxylic acids is 1. The van der Waals surface area contributed by atoms with Crippen LogP contribution in [-0.2, 0) is 11.8 Å². The third kappa shape index (κ3) is 3.98. The fraction of sp³-hybridized carbons (Fsp3) is 0.250. The summed E-state index contributed by atoms with van der Waals surface area (Å²) in [6.45, 7) is 0. The van der Waals surface area contributed by atoms with Crippen molar-refractivity contribution in [1.29, 1.82) is 0 Å². The smallest absolute Gasteiger partial charge is 0.240 e. The number of hydrogen-bond donors (Lipinski definition) is 0. The summed E-state index contributed by atoms with van der Waals surface area (Å²) in [6.07, 6.45) is 0. The minimum absolute atomic E-state index is 0.00745. The van der Waals surface area contributed by atoms with Crippen molar-refractivity contribution in [2.75, 3.05) is 21.2 Å². The minimum Gasteiger partial charge on any atom is -0.496 e. The second-order valence-electron chi connectivity index (χ2n) is 6.21. The van der Waals surface area contributed by atoms with Gasteiger partial charge in [-0.2, -0.15) is 0 Å². The van der Waals surface area contributed by atoms with Crippen molar-refractivity contribution in [1.82, 2.24) is 19.7 Å². The summed E-state index contributed by atoms with van der Waals surface area (Å²) in [5.74, 6) is 1.43. The first-order chi connectivity index (χ1) is 13.0. The van der Waals surface area contributed by atoms with Gasteiger partial charge in [0.05, 0.1) is 12.7 Å². The van der Waals surface area contributed by atoms with Crippen LogP contribution in [0.2, 0.25) is 0 Å². The minimum atomic E-state index is -0.394. The van der Waals surface area contributed by atoms with Gasteiger partial charge in [0.25, 0.3) is 0 Å². The van der Waals surface area contributed by atoms with Crippen LogP contribution in [0.5, 0.6) is 5.75 Å². The molecule has 27 heavy (non-hydrogen) atoms. The number of hydrogen-bond acceptors (Lipinski definition) is 5. The highest BCUT2D eigenvalue weighted by Crippen LogP contribution is 2.37. The van der Waals surface area contributed by atoms with Crippen LogP contribution in [0.3, 0.4) is 0 Å². The first-order valence-corrected chi connectivity index (χ1v) is 9.36. The molecule has 3 aromatic rings. The Hall–Kier alpha value is -2.80. The van der Waals surface area contributed by atoms with E-state index in [9.17, 15) is 4.79 Å². The van der Waals surface area contributed by atoms with Gasteiger partial charge in [0, 0.05) is 21.1 Å². The summed E-state index contributed by atoms with van der Waals surface area (Å²) in [4.78, 5) is 14.4. The van der Waals surface area contributed by atoms with E-state index in [0.717, 1.165) is 16.9 Å². The average molecular weight is 382 g/mol. The Morgan fingerprint density at radius 1 is 1.07 bits per heavy atom. The van der Waals surface area contributed by atoms with Crippen LogP contribution in [0, 0.1) is 0 Å². The topological polar surface area (TPSA) is 60.3 Å². The molecule has 7 heteroatoms. The van der Waals surface area contributed by atoms with Gasteiger partial charge in [-0.25, -0.2) is 0 Å². The molecule has 0 unspecified atom stereocenters. The van der Waals surface area contributed by atoms with Crippen LogP contribution >= 0.6 is 11.8 Å². The number of likely N-dealkylation sites (N-methyl/N-ethyl adjacent to an activating group) is 1. The lowest BCUT2D eigenvalue weighted by molar-refractivity contribution is -0.128. The predicted octanol–water partition coefficient (Wildman–Crippen LogP) is 3.41. The SMILES string of the molecule is COc1ccccc1-c1nnc(S[C@@H](C(=O)N(C)C)c2ccccc2)n1C. The van der Waals surface area contributed by atoms with E-state index in [1.54, 1.807) is 26.1 Å². The molecule has 0 bridgehead atoms. The van der Waals surface area contributed by atoms with Crippen LogP contribution in [-0.4, -0.2) is 46.8 Å². The largest absolute Gasteiger partial charge is 0.496 e. The van der Waals surface area contributed by atoms with Gasteiger partial charge in [-0.1, -0.05) is 54.2 Å². The van der Waals surface area contributed by atoms with E-state index in [1.165, 1.54) is 11.8 Å². The number of carbonyl (C=O) groups is 1. The highest BCUT2D eigenvalue weighted by atomic mass is 32.2. The van der Waals surface area contributed by atoms with Crippen LogP contribution in [0.1, 0.15) is 10.8 Å². The van der Waals surface area contributed by atoms with Crippen molar-refractivity contribution >= 4 is 17.7 Å². The van der Waals surface area contributed by atoms with Gasteiger partial charge < -0.3 is 14.2 Å². The molecule has 1 atom stereocenters. The maximum Gasteiger partial charge on any atom is 0.240 e. The monoisotopic (exact) mass is 382 g/mol. The zero-order valence-electron chi connectivity index (χ0n) is 15.8. The highest BCUT2D eigenvalue weighted by molar-refractivity contribution is 8.00. The van der Waals surface area contributed by atoms with E-state index in [4.69, 9.17) is 4.74 Å². The van der Waals surface area contributed by atoms with Gasteiger partial charge in [0.1, 0.15) is 11.0 Å². The molecule has 2 aromatic carbocycles. The molecule has 3 rings (SSSR count). The van der Waals surface area contributed by atoms with Crippen LogP contribution in [0.25, 0.3) is 11.4 Å². The summed E-state index contributed by atoms with van der Waals surface area (Å²) in [7, 11) is 7.05. The standard InChI is InChI=1S/C20H22N4O2S/c1-23(2)19(25)17(14-10-6-5-7-11-14)27-20-22-21-18(24(20)3)15-12-8-9-13-16(15)26-4/h5-13,17H,1-4H3/t17-/m1/s1. The lowest BCUT2D eigenvalue weighted by Crippen LogP contribution is -2.26. The first kappa shape index (κ1) is 19.0. The maximum atomic E-state index is 12.8. The molecule has 0 fully saturated rings. The van der Waals surface area contributed by atoms with E-state index >= 15 is 0 Å². The van der Waals surface area contributed by atoms with Gasteiger partial charge in [-0.05, 0) is 17.7 Å². The van der Waals surface area contributed by atoms with Gasteiger partial charge >= 0.3 is 0 Å². The Bertz CT molecular complexity index is 925. The molecule has 0 aliphatic rings. The summed E-state index contributed by atoms with van der Waals surface area (Å²) < 4.78 is 7.33. The number of benzene rings is 2. The van der Waals surface area contributed by atoms with E-state index in [-0.39, 0.29) is 5.91 Å². The summed E-state index contributed by atoms with van der Waals surface area (Å²) >= 11 is 1.39. The van der Waals surface area contributed by atoms with E-state index < -0.39 is 5.25 Å². The fourth-order valence-electron chi connectivity index (χ4n) is 2.71. The second-order valence-corrected chi connectivity index (χ2v) is 7.28. The number of thioether (sulfide) groups is 1. The molecule has 1 amide bonds. The number of amides is 1. The van der Waals surface area contributed by atoms with Crippen molar-refractivity contribution in [2.24, 2.45) is 7.05 Å². The van der Waals surface area contributed by atoms with E-state index in [2.05, 4.69) is 10.2 Å². The molecule has 0 saturated heterocycles. The quantitative estimate of drug-likeness (QED) is 0.612. The molecule has 0 saturated carbocycles. The summed E-state index contributed by atoms with van der Waals surface area (Å²) in [5, 5.41) is 8.93. The Labute approximate surface area is 163 Å². The second kappa shape index (κ2) is 8.26. The van der Waals surface area contributed by atoms with Crippen molar-refractivity contribution in [3.63, 3.8) is 0 Å². The van der Waals surface area contributed by atoms with Gasteiger partial charge in [-0.15, -0.1) is 10.2 Å². The van der Waals surface area contributed by atoms with E-state index in [0.29, 0.717) is 11.0 Å². The number of nitrogens with zero attached hydrogens (tertiary/aromatic N) is 4. The Balaban J connectivity index is 1.96. The number of aromatic nitrogens is 3. The molecular formula is C20H22N4O2S.